The van der Waals surface area contributed by atoms with Gasteiger partial charge in [0.1, 0.15) is 18.2 Å². The number of aryl methyl sites for hydroxylation is 1. The molecule has 1 amide bonds. The van der Waals surface area contributed by atoms with Gasteiger partial charge in [-0.1, -0.05) is 30.3 Å². The van der Waals surface area contributed by atoms with Crippen LogP contribution in [0.25, 0.3) is 0 Å². The Morgan fingerprint density at radius 1 is 1.03 bits per heavy atom. The fourth-order valence-corrected chi connectivity index (χ4v) is 5.25. The molecule has 2 aromatic carbocycles. The van der Waals surface area contributed by atoms with Gasteiger partial charge in [0.2, 0.25) is 0 Å². The summed E-state index contributed by atoms with van der Waals surface area (Å²) in [5.74, 6) is 1.45. The number of nitrogens with zero attached hydrogens (tertiary/aromatic N) is 1. The smallest absolute Gasteiger partial charge is 0.254 e. The number of amides is 1. The first-order valence-corrected chi connectivity index (χ1v) is 11.5. The first-order valence-electron chi connectivity index (χ1n) is 10.7. The van der Waals surface area contributed by atoms with Crippen molar-refractivity contribution in [3.8, 4) is 11.5 Å². The Morgan fingerprint density at radius 2 is 1.84 bits per heavy atom. The van der Waals surface area contributed by atoms with Crippen LogP contribution in [-0.2, 0) is 19.4 Å². The maximum atomic E-state index is 13.2. The Hall–Kier alpha value is -3.12. The molecule has 5 rings (SSSR count). The molecule has 1 aromatic heterocycles. The first-order chi connectivity index (χ1) is 15.3. The van der Waals surface area contributed by atoms with Gasteiger partial charge in [0.15, 0.2) is 11.5 Å². The summed E-state index contributed by atoms with van der Waals surface area (Å²) >= 11 is 1.65. The zero-order chi connectivity index (χ0) is 21.0. The molecule has 0 bridgehead atoms. The molecular weight excluding hydrogens is 408 g/mol. The molecular formula is C25H24N2O3S. The molecule has 158 valence electrons. The van der Waals surface area contributed by atoms with Crippen molar-refractivity contribution in [2.45, 2.75) is 32.2 Å². The Balaban J connectivity index is 1.41. The fraction of sp³-hybridized carbons (Fsp3) is 0.280. The number of benzene rings is 2. The van der Waals surface area contributed by atoms with E-state index in [1.165, 1.54) is 16.9 Å². The third kappa shape index (κ3) is 4.35. The van der Waals surface area contributed by atoms with Gasteiger partial charge in [-0.25, -0.2) is 4.99 Å². The Labute approximate surface area is 185 Å². The van der Waals surface area contributed by atoms with Crippen LogP contribution < -0.4 is 14.8 Å². The van der Waals surface area contributed by atoms with Crippen molar-refractivity contribution in [3.05, 3.63) is 75.7 Å². The number of carbonyl (C=O) groups is 1. The molecule has 1 aliphatic carbocycles. The summed E-state index contributed by atoms with van der Waals surface area (Å²) in [5.41, 5.74) is 3.92. The summed E-state index contributed by atoms with van der Waals surface area (Å²) in [7, 11) is 0. The van der Waals surface area contributed by atoms with E-state index < -0.39 is 0 Å². The Bertz CT molecular complexity index is 1120. The highest BCUT2D eigenvalue weighted by Gasteiger charge is 2.25. The zero-order valence-electron chi connectivity index (χ0n) is 17.2. The number of carbonyl (C=O) groups excluding carboxylic acids is 1. The van der Waals surface area contributed by atoms with Gasteiger partial charge in [0.05, 0.1) is 5.56 Å². The molecule has 3 aromatic rings. The number of fused-ring (bicyclic) bond motifs is 2. The highest BCUT2D eigenvalue weighted by molar-refractivity contribution is 7.16. The van der Waals surface area contributed by atoms with E-state index in [0.29, 0.717) is 19.8 Å². The molecule has 0 atom stereocenters. The summed E-state index contributed by atoms with van der Waals surface area (Å²) in [6.07, 6.45) is 6.07. The van der Waals surface area contributed by atoms with E-state index in [-0.39, 0.29) is 5.91 Å². The van der Waals surface area contributed by atoms with Gasteiger partial charge < -0.3 is 14.8 Å². The molecule has 1 N–H and O–H groups in total. The van der Waals surface area contributed by atoms with Crippen LogP contribution >= 0.6 is 11.3 Å². The average Bonchev–Trinajstić information content (AvgIpc) is 3.20. The number of aliphatic imine (C=N–C) groups is 1. The lowest BCUT2D eigenvalue weighted by atomic mass is 9.95. The minimum absolute atomic E-state index is 0.0439. The van der Waals surface area contributed by atoms with Crippen molar-refractivity contribution >= 4 is 28.5 Å². The number of thiophene rings is 1. The van der Waals surface area contributed by atoms with Gasteiger partial charge in [-0.3, -0.25) is 4.79 Å². The summed E-state index contributed by atoms with van der Waals surface area (Å²) in [6.45, 7) is 1.63. The van der Waals surface area contributed by atoms with E-state index in [2.05, 4.69) is 5.32 Å². The number of hydrogen-bond donors (Lipinski definition) is 1. The van der Waals surface area contributed by atoms with Crippen LogP contribution in [0.1, 0.15) is 44.8 Å². The molecule has 5 nitrogen and oxygen atoms in total. The molecule has 1 aliphatic heterocycles. The number of rotatable bonds is 5. The van der Waals surface area contributed by atoms with Crippen LogP contribution in [0, 0.1) is 0 Å². The van der Waals surface area contributed by atoms with E-state index in [9.17, 15) is 4.79 Å². The number of hydrogen-bond acceptors (Lipinski definition) is 5. The molecule has 31 heavy (non-hydrogen) atoms. The van der Waals surface area contributed by atoms with Gasteiger partial charge in [0.25, 0.3) is 5.91 Å². The molecule has 2 heterocycles. The van der Waals surface area contributed by atoms with E-state index in [4.69, 9.17) is 14.5 Å². The lowest BCUT2D eigenvalue weighted by Gasteiger charge is -2.18. The van der Waals surface area contributed by atoms with E-state index in [1.54, 1.807) is 11.3 Å². The van der Waals surface area contributed by atoms with Crippen molar-refractivity contribution in [1.29, 1.82) is 0 Å². The number of ether oxygens (including phenoxy) is 2. The van der Waals surface area contributed by atoms with Crippen LogP contribution in [0.2, 0.25) is 0 Å². The van der Waals surface area contributed by atoms with Gasteiger partial charge in [-0.05, 0) is 60.6 Å². The molecule has 0 spiro atoms. The second kappa shape index (κ2) is 8.94. The Morgan fingerprint density at radius 3 is 2.71 bits per heavy atom. The Kier molecular flexibility index (Phi) is 5.71. The third-order valence-corrected chi connectivity index (χ3v) is 6.77. The fourth-order valence-electron chi connectivity index (χ4n) is 4.02. The molecule has 2 aliphatic rings. The van der Waals surface area contributed by atoms with E-state index >= 15 is 0 Å². The van der Waals surface area contributed by atoms with E-state index in [0.717, 1.165) is 52.5 Å². The van der Waals surface area contributed by atoms with Crippen LogP contribution in [0.4, 0.5) is 5.00 Å². The minimum Gasteiger partial charge on any atom is -0.486 e. The molecule has 0 saturated heterocycles. The third-order valence-electron chi connectivity index (χ3n) is 5.57. The van der Waals surface area contributed by atoms with Crippen molar-refractivity contribution in [3.63, 3.8) is 0 Å². The second-order valence-corrected chi connectivity index (χ2v) is 8.80. The zero-order valence-corrected chi connectivity index (χ0v) is 18.0. The first kappa shape index (κ1) is 19.8. The van der Waals surface area contributed by atoms with Crippen LogP contribution in [0.5, 0.6) is 11.5 Å². The van der Waals surface area contributed by atoms with Crippen molar-refractivity contribution in [1.82, 2.24) is 5.32 Å². The lowest BCUT2D eigenvalue weighted by molar-refractivity contribution is 0.0951. The molecule has 6 heteroatoms. The SMILES string of the molecule is O=C(NCc1ccccc1)c1c(/N=C/c2ccc3c(c2)OCCO3)sc2c1CCCC2. The molecule has 0 fully saturated rings. The van der Waals surface area contributed by atoms with Gasteiger partial charge in [-0.15, -0.1) is 11.3 Å². The van der Waals surface area contributed by atoms with Gasteiger partial charge in [0, 0.05) is 17.6 Å². The summed E-state index contributed by atoms with van der Waals surface area (Å²) in [6, 6.07) is 15.8. The standard InChI is InChI=1S/C25H24N2O3S/c28-24(26-15-17-6-2-1-3-7-17)23-19-8-4-5-9-22(19)31-25(23)27-16-18-10-11-20-21(14-18)30-13-12-29-20/h1-3,6-7,10-11,14,16H,4-5,8-9,12-13,15H2,(H,26,28)/b27-16+. The lowest BCUT2D eigenvalue weighted by Crippen LogP contribution is -2.24. The largest absolute Gasteiger partial charge is 0.486 e. The van der Waals surface area contributed by atoms with Crippen LogP contribution in [-0.4, -0.2) is 25.3 Å². The topological polar surface area (TPSA) is 59.9 Å². The van der Waals surface area contributed by atoms with Gasteiger partial charge >= 0.3 is 0 Å². The maximum Gasteiger partial charge on any atom is 0.254 e. The number of nitrogens with one attached hydrogen (secondary N) is 1. The summed E-state index contributed by atoms with van der Waals surface area (Å²) in [5, 5.41) is 3.87. The predicted molar refractivity (Wildman–Crippen MR) is 123 cm³/mol. The molecule has 0 saturated carbocycles. The molecule has 0 radical (unpaired) electrons. The quantitative estimate of drug-likeness (QED) is 0.572. The van der Waals surface area contributed by atoms with Crippen LogP contribution in [0.3, 0.4) is 0 Å². The second-order valence-electron chi connectivity index (χ2n) is 7.72. The van der Waals surface area contributed by atoms with Crippen molar-refractivity contribution < 1.29 is 14.3 Å². The minimum atomic E-state index is -0.0439. The molecule has 0 unspecified atom stereocenters. The van der Waals surface area contributed by atoms with Gasteiger partial charge in [-0.2, -0.15) is 0 Å². The summed E-state index contributed by atoms with van der Waals surface area (Å²) < 4.78 is 11.3. The monoisotopic (exact) mass is 432 g/mol. The predicted octanol–water partition coefficient (Wildman–Crippen LogP) is 5.08. The van der Waals surface area contributed by atoms with Crippen LogP contribution in [0.15, 0.2) is 53.5 Å². The average molecular weight is 433 g/mol. The normalized spacial score (nSPS) is 15.0. The highest BCUT2D eigenvalue weighted by atomic mass is 32.1. The van der Waals surface area contributed by atoms with E-state index in [1.807, 2.05) is 54.7 Å². The van der Waals surface area contributed by atoms with Crippen molar-refractivity contribution in [2.75, 3.05) is 13.2 Å². The van der Waals surface area contributed by atoms with Crippen molar-refractivity contribution in [2.24, 2.45) is 4.99 Å². The summed E-state index contributed by atoms with van der Waals surface area (Å²) in [4.78, 5) is 19.2. The highest BCUT2D eigenvalue weighted by Crippen LogP contribution is 2.40. The maximum absolute atomic E-state index is 13.2.